The number of likely N-dealkylation sites (tertiary alicyclic amines) is 2. The van der Waals surface area contributed by atoms with E-state index in [0.717, 1.165) is 6.42 Å². The molecule has 160 valence electrons. The van der Waals surface area contributed by atoms with Crippen LogP contribution in [0.2, 0.25) is 0 Å². The number of hydrogen-bond acceptors (Lipinski definition) is 6. The predicted molar refractivity (Wildman–Crippen MR) is 108 cm³/mol. The third-order valence-electron chi connectivity index (χ3n) is 5.96. The number of nitrogens with one attached hydrogen (secondary N) is 1. The Morgan fingerprint density at radius 2 is 1.97 bits per heavy atom. The monoisotopic (exact) mass is 413 g/mol. The number of aromatic nitrogens is 2. The third kappa shape index (κ3) is 3.77. The van der Waals surface area contributed by atoms with Gasteiger partial charge in [-0.25, -0.2) is 4.79 Å². The van der Waals surface area contributed by atoms with Gasteiger partial charge >= 0.3 is 6.03 Å². The fraction of sp³-hybridized carbons (Fsp3) is 0.524. The van der Waals surface area contributed by atoms with Gasteiger partial charge in [0.05, 0.1) is 5.41 Å². The Bertz CT molecular complexity index is 902. The summed E-state index contributed by atoms with van der Waals surface area (Å²) in [6.07, 6.45) is 0.757. The van der Waals surface area contributed by atoms with Crippen molar-refractivity contribution in [2.24, 2.45) is 5.92 Å². The van der Waals surface area contributed by atoms with Gasteiger partial charge in [-0.3, -0.25) is 4.79 Å². The van der Waals surface area contributed by atoms with Crippen LogP contribution in [-0.4, -0.2) is 78.3 Å². The van der Waals surface area contributed by atoms with Crippen molar-refractivity contribution in [3.8, 4) is 0 Å². The van der Waals surface area contributed by atoms with Crippen molar-refractivity contribution < 1.29 is 18.8 Å². The molecule has 0 saturated carbocycles. The van der Waals surface area contributed by atoms with Crippen molar-refractivity contribution in [3.63, 3.8) is 0 Å². The zero-order valence-corrected chi connectivity index (χ0v) is 17.3. The van der Waals surface area contributed by atoms with Crippen LogP contribution in [0.5, 0.6) is 0 Å². The van der Waals surface area contributed by atoms with Crippen molar-refractivity contribution in [3.05, 3.63) is 47.6 Å². The number of benzene rings is 1. The molecule has 3 amide bonds. The van der Waals surface area contributed by atoms with Gasteiger partial charge in [0, 0.05) is 57.9 Å². The molecule has 2 aliphatic rings. The first kappa shape index (κ1) is 20.3. The number of amides is 3. The maximum absolute atomic E-state index is 13.0. The number of ether oxygens (including phenoxy) is 1. The Labute approximate surface area is 175 Å². The van der Waals surface area contributed by atoms with Crippen LogP contribution in [0.3, 0.4) is 0 Å². The molecule has 1 N–H and O–H groups in total. The van der Waals surface area contributed by atoms with Crippen molar-refractivity contribution in [2.45, 2.75) is 18.8 Å². The summed E-state index contributed by atoms with van der Waals surface area (Å²) < 4.78 is 10.6. The average Bonchev–Trinajstić information content (AvgIpc) is 3.44. The van der Waals surface area contributed by atoms with Crippen LogP contribution in [0.25, 0.3) is 0 Å². The van der Waals surface area contributed by atoms with Gasteiger partial charge in [-0.15, -0.1) is 0 Å². The summed E-state index contributed by atoms with van der Waals surface area (Å²) in [5.41, 5.74) is 0.109. The highest BCUT2D eigenvalue weighted by atomic mass is 16.5. The molecule has 0 spiro atoms. The molecular weight excluding hydrogens is 386 g/mol. The van der Waals surface area contributed by atoms with E-state index in [9.17, 15) is 9.59 Å². The summed E-state index contributed by atoms with van der Waals surface area (Å²) >= 11 is 0. The zero-order valence-electron chi connectivity index (χ0n) is 17.3. The molecule has 2 unspecified atom stereocenters. The lowest BCUT2D eigenvalue weighted by Gasteiger charge is -2.26. The second-order valence-corrected chi connectivity index (χ2v) is 8.01. The number of nitrogens with zero attached hydrogens (tertiary/aromatic N) is 4. The van der Waals surface area contributed by atoms with Gasteiger partial charge in [0.2, 0.25) is 5.89 Å². The molecule has 2 saturated heterocycles. The maximum atomic E-state index is 13.0. The van der Waals surface area contributed by atoms with E-state index in [1.165, 1.54) is 0 Å². The van der Waals surface area contributed by atoms with E-state index < -0.39 is 5.41 Å². The minimum absolute atomic E-state index is 0.0174. The number of hydrogen-bond donors (Lipinski definition) is 1. The Balaban J connectivity index is 1.52. The molecule has 9 nitrogen and oxygen atoms in total. The first-order chi connectivity index (χ1) is 14.5. The summed E-state index contributed by atoms with van der Waals surface area (Å²) in [7, 11) is 1.64. The number of rotatable bonds is 6. The average molecular weight is 413 g/mol. The summed E-state index contributed by atoms with van der Waals surface area (Å²) in [5.74, 6) is 1.07. The van der Waals surface area contributed by atoms with Crippen LogP contribution in [0.4, 0.5) is 4.79 Å². The normalized spacial score (nSPS) is 22.9. The highest BCUT2D eigenvalue weighted by Gasteiger charge is 2.58. The molecule has 30 heavy (non-hydrogen) atoms. The van der Waals surface area contributed by atoms with E-state index in [1.54, 1.807) is 18.9 Å². The quantitative estimate of drug-likeness (QED) is 0.720. The molecule has 1 aromatic carbocycles. The van der Waals surface area contributed by atoms with Crippen molar-refractivity contribution in [1.82, 2.24) is 25.3 Å². The largest absolute Gasteiger partial charge is 0.385 e. The molecule has 2 aliphatic heterocycles. The van der Waals surface area contributed by atoms with Crippen molar-refractivity contribution in [1.29, 1.82) is 0 Å². The molecule has 4 rings (SSSR count). The molecule has 2 atom stereocenters. The SMILES string of the molecule is COCCCNC(=O)N1CC2CN(C(=O)c3ccccc3)CC2(c2nc(C)no2)C1. The molecule has 9 heteroatoms. The number of aryl methyl sites for hydroxylation is 1. The Kier molecular flexibility index (Phi) is 5.72. The van der Waals surface area contributed by atoms with Gasteiger partial charge in [-0.1, -0.05) is 23.4 Å². The molecule has 0 aliphatic carbocycles. The lowest BCUT2D eigenvalue weighted by molar-refractivity contribution is 0.0770. The number of fused-ring (bicyclic) bond motifs is 1. The molecule has 1 aromatic heterocycles. The van der Waals surface area contributed by atoms with E-state index in [1.807, 2.05) is 35.2 Å². The summed E-state index contributed by atoms with van der Waals surface area (Å²) in [5, 5.41) is 6.90. The first-order valence-corrected chi connectivity index (χ1v) is 10.2. The summed E-state index contributed by atoms with van der Waals surface area (Å²) in [6.45, 7) is 4.90. The number of carbonyl (C=O) groups is 2. The fourth-order valence-corrected chi connectivity index (χ4v) is 4.46. The van der Waals surface area contributed by atoms with Crippen LogP contribution in [-0.2, 0) is 10.2 Å². The number of urea groups is 1. The minimum atomic E-state index is -0.546. The highest BCUT2D eigenvalue weighted by Crippen LogP contribution is 2.44. The number of methoxy groups -OCH3 is 1. The van der Waals surface area contributed by atoms with Gasteiger partial charge in [0.15, 0.2) is 5.82 Å². The highest BCUT2D eigenvalue weighted by molar-refractivity contribution is 5.94. The Morgan fingerprint density at radius 3 is 2.67 bits per heavy atom. The fourth-order valence-electron chi connectivity index (χ4n) is 4.46. The van der Waals surface area contributed by atoms with Crippen LogP contribution in [0, 0.1) is 12.8 Å². The molecule has 0 radical (unpaired) electrons. The standard InChI is InChI=1S/C21H27N5O4/c1-15-23-19(30-24-15)21-13-25(18(27)16-7-4-3-5-8-16)11-17(21)12-26(14-21)20(28)22-9-6-10-29-2/h3-5,7-8,17H,6,9-14H2,1-2H3,(H,22,28). The van der Waals surface area contributed by atoms with Crippen LogP contribution >= 0.6 is 0 Å². The molecule has 3 heterocycles. The third-order valence-corrected chi connectivity index (χ3v) is 5.96. The molecule has 2 fully saturated rings. The van der Waals surface area contributed by atoms with E-state index >= 15 is 0 Å². The van der Waals surface area contributed by atoms with E-state index in [-0.39, 0.29) is 17.9 Å². The van der Waals surface area contributed by atoms with Gasteiger partial charge < -0.3 is 24.4 Å². The van der Waals surface area contributed by atoms with Crippen molar-refractivity contribution >= 4 is 11.9 Å². The first-order valence-electron chi connectivity index (χ1n) is 10.2. The lowest BCUT2D eigenvalue weighted by Crippen LogP contribution is -2.44. The second kappa shape index (κ2) is 8.43. The van der Waals surface area contributed by atoms with Crippen LogP contribution in [0.15, 0.2) is 34.9 Å². The Hall–Kier alpha value is -2.94. The van der Waals surface area contributed by atoms with E-state index in [4.69, 9.17) is 9.26 Å². The number of carbonyl (C=O) groups excluding carboxylic acids is 2. The van der Waals surface area contributed by atoms with Crippen LogP contribution < -0.4 is 5.32 Å². The smallest absolute Gasteiger partial charge is 0.317 e. The molecule has 2 aromatic rings. The zero-order chi connectivity index (χ0) is 21.1. The van der Waals surface area contributed by atoms with Gasteiger partial charge in [0.25, 0.3) is 5.91 Å². The topological polar surface area (TPSA) is 101 Å². The maximum Gasteiger partial charge on any atom is 0.317 e. The molecule has 0 bridgehead atoms. The van der Waals surface area contributed by atoms with Gasteiger partial charge in [0.1, 0.15) is 0 Å². The van der Waals surface area contributed by atoms with E-state index in [0.29, 0.717) is 56.6 Å². The van der Waals surface area contributed by atoms with Gasteiger partial charge in [-0.05, 0) is 25.5 Å². The Morgan fingerprint density at radius 1 is 1.23 bits per heavy atom. The van der Waals surface area contributed by atoms with Crippen molar-refractivity contribution in [2.75, 3.05) is 46.4 Å². The summed E-state index contributed by atoms with van der Waals surface area (Å²) in [4.78, 5) is 33.8. The van der Waals surface area contributed by atoms with E-state index in [2.05, 4.69) is 15.5 Å². The second-order valence-electron chi connectivity index (χ2n) is 8.01. The minimum Gasteiger partial charge on any atom is -0.385 e. The molecular formula is C21H27N5O4. The van der Waals surface area contributed by atoms with Crippen LogP contribution in [0.1, 0.15) is 28.5 Å². The lowest BCUT2D eigenvalue weighted by atomic mass is 9.81. The predicted octanol–water partition coefficient (Wildman–Crippen LogP) is 1.45. The summed E-state index contributed by atoms with van der Waals surface area (Å²) in [6, 6.07) is 9.13. The van der Waals surface area contributed by atoms with Gasteiger partial charge in [-0.2, -0.15) is 4.98 Å².